The van der Waals surface area contributed by atoms with Crippen molar-refractivity contribution in [2.24, 2.45) is 5.16 Å². The maximum Gasteiger partial charge on any atom is 0.214 e. The number of nitrogen functional groups attached to an aromatic ring is 1. The summed E-state index contributed by atoms with van der Waals surface area (Å²) < 4.78 is 7.49. The molecule has 1 aliphatic heterocycles. The lowest BCUT2D eigenvalue weighted by Gasteiger charge is -2.12. The van der Waals surface area contributed by atoms with Gasteiger partial charge in [-0.15, -0.1) is 0 Å². The van der Waals surface area contributed by atoms with E-state index in [9.17, 15) is 0 Å². The lowest BCUT2D eigenvalue weighted by Crippen LogP contribution is -2.15. The maximum absolute atomic E-state index is 6.30. The second-order valence-electron chi connectivity index (χ2n) is 6.10. The number of aromatic amines is 1. The smallest absolute Gasteiger partial charge is 0.214 e. The number of ether oxygens (including phenoxy) is 1. The van der Waals surface area contributed by atoms with Crippen LogP contribution in [0.2, 0.25) is 10.0 Å². The van der Waals surface area contributed by atoms with Gasteiger partial charge in [-0.3, -0.25) is 5.10 Å². The largest absolute Gasteiger partial charge is 0.485 e. The molecule has 1 unspecified atom stereocenters. The number of rotatable bonds is 5. The Labute approximate surface area is 175 Å². The van der Waals surface area contributed by atoms with Crippen molar-refractivity contribution in [3.05, 3.63) is 74.2 Å². The minimum absolute atomic E-state index is 0.154. The molecule has 3 aromatic rings. The van der Waals surface area contributed by atoms with Crippen LogP contribution in [-0.4, -0.2) is 20.6 Å². The third-order valence-electron chi connectivity index (χ3n) is 4.31. The third-order valence-corrected chi connectivity index (χ3v) is 5.16. The first-order valence-corrected chi connectivity index (χ1v) is 9.50. The van der Waals surface area contributed by atoms with Crippen LogP contribution in [0.4, 0.5) is 0 Å². The Hall–Kier alpha value is -2.55. The minimum atomic E-state index is -0.284. The number of halogens is 2. The number of benzene rings is 2. The highest BCUT2D eigenvalue weighted by Gasteiger charge is 2.27. The van der Waals surface area contributed by atoms with Crippen molar-refractivity contribution < 1.29 is 9.57 Å². The van der Waals surface area contributed by atoms with Crippen LogP contribution < -0.4 is 10.6 Å². The van der Waals surface area contributed by atoms with Gasteiger partial charge in [0, 0.05) is 27.6 Å². The highest BCUT2D eigenvalue weighted by molar-refractivity contribution is 7.71. The van der Waals surface area contributed by atoms with E-state index in [4.69, 9.17) is 50.8 Å². The molecule has 28 heavy (non-hydrogen) atoms. The summed E-state index contributed by atoms with van der Waals surface area (Å²) in [5, 5.41) is 12.0. The molecule has 0 fully saturated rings. The van der Waals surface area contributed by atoms with Gasteiger partial charge in [0.1, 0.15) is 12.4 Å². The Morgan fingerprint density at radius 3 is 2.86 bits per heavy atom. The molecule has 2 heterocycles. The van der Waals surface area contributed by atoms with Gasteiger partial charge in [-0.2, -0.15) is 5.10 Å². The predicted octanol–water partition coefficient (Wildman–Crippen LogP) is 4.41. The summed E-state index contributed by atoms with van der Waals surface area (Å²) in [7, 11) is 0. The number of nitrogens with zero attached hydrogens (tertiary/aromatic N) is 3. The molecule has 7 nitrogen and oxygen atoms in total. The van der Waals surface area contributed by atoms with Crippen LogP contribution in [-0.2, 0) is 11.4 Å². The minimum Gasteiger partial charge on any atom is -0.485 e. The average molecular weight is 436 g/mol. The van der Waals surface area contributed by atoms with E-state index in [0.717, 1.165) is 16.8 Å². The molecule has 3 N–H and O–H groups in total. The van der Waals surface area contributed by atoms with Crippen LogP contribution in [0.1, 0.15) is 29.5 Å². The number of oxime groups is 1. The predicted molar refractivity (Wildman–Crippen MR) is 110 cm³/mol. The van der Waals surface area contributed by atoms with E-state index in [0.29, 0.717) is 32.8 Å². The highest BCUT2D eigenvalue weighted by atomic mass is 35.5. The van der Waals surface area contributed by atoms with Gasteiger partial charge < -0.3 is 15.4 Å². The van der Waals surface area contributed by atoms with Crippen LogP contribution in [0.15, 0.2) is 47.6 Å². The standard InChI is InChI=1S/C18H15Cl2N5O2S/c19-10-5-6-11(13(20)7-10)16-8-14(24-27-16)12-3-1-2-4-15(12)26-9-17-22-23-18(28)25(17)21/h1-7,16H,8-9,21H2,(H,23,28). The molecule has 144 valence electrons. The summed E-state index contributed by atoms with van der Waals surface area (Å²) in [6.45, 7) is 0.154. The summed E-state index contributed by atoms with van der Waals surface area (Å²) in [5.74, 6) is 6.93. The van der Waals surface area contributed by atoms with Gasteiger partial charge in [0.25, 0.3) is 0 Å². The van der Waals surface area contributed by atoms with Gasteiger partial charge in [-0.1, -0.05) is 46.6 Å². The van der Waals surface area contributed by atoms with Crippen molar-refractivity contribution in [2.45, 2.75) is 19.1 Å². The van der Waals surface area contributed by atoms with Gasteiger partial charge >= 0.3 is 0 Å². The zero-order chi connectivity index (χ0) is 19.7. The van der Waals surface area contributed by atoms with E-state index in [1.54, 1.807) is 12.1 Å². The first-order valence-electron chi connectivity index (χ1n) is 8.34. The summed E-state index contributed by atoms with van der Waals surface area (Å²) >= 11 is 17.3. The number of aromatic nitrogens is 3. The Morgan fingerprint density at radius 2 is 2.11 bits per heavy atom. The number of para-hydroxylation sites is 1. The molecule has 0 aliphatic carbocycles. The highest BCUT2D eigenvalue weighted by Crippen LogP contribution is 2.36. The Balaban J connectivity index is 1.52. The van der Waals surface area contributed by atoms with E-state index < -0.39 is 0 Å². The normalized spacial score (nSPS) is 15.9. The molecule has 0 spiro atoms. The monoisotopic (exact) mass is 435 g/mol. The van der Waals surface area contributed by atoms with E-state index in [2.05, 4.69) is 15.4 Å². The van der Waals surface area contributed by atoms with Crippen molar-refractivity contribution >= 4 is 41.1 Å². The van der Waals surface area contributed by atoms with Crippen molar-refractivity contribution in [2.75, 3.05) is 5.84 Å². The molecule has 1 aromatic heterocycles. The van der Waals surface area contributed by atoms with Crippen molar-refractivity contribution in [3.63, 3.8) is 0 Å². The maximum atomic E-state index is 6.30. The second-order valence-corrected chi connectivity index (χ2v) is 7.33. The molecule has 4 rings (SSSR count). The lowest BCUT2D eigenvalue weighted by molar-refractivity contribution is 0.0858. The molecule has 1 aliphatic rings. The van der Waals surface area contributed by atoms with Crippen LogP contribution in [0, 0.1) is 4.77 Å². The van der Waals surface area contributed by atoms with Gasteiger partial charge in [-0.25, -0.2) is 4.68 Å². The number of H-pyrrole nitrogens is 1. The Bertz CT molecular complexity index is 1110. The topological polar surface area (TPSA) is 90.4 Å². The molecule has 0 bridgehead atoms. The summed E-state index contributed by atoms with van der Waals surface area (Å²) in [5.41, 5.74) is 2.42. The van der Waals surface area contributed by atoms with E-state index >= 15 is 0 Å². The quantitative estimate of drug-likeness (QED) is 0.457. The van der Waals surface area contributed by atoms with Crippen LogP contribution in [0.25, 0.3) is 0 Å². The van der Waals surface area contributed by atoms with Crippen molar-refractivity contribution in [1.82, 2.24) is 14.9 Å². The van der Waals surface area contributed by atoms with Gasteiger partial charge in [-0.05, 0) is 36.5 Å². The fourth-order valence-electron chi connectivity index (χ4n) is 2.88. The first-order chi connectivity index (χ1) is 13.5. The first kappa shape index (κ1) is 18.8. The van der Waals surface area contributed by atoms with Crippen LogP contribution in [0.5, 0.6) is 5.75 Å². The molecule has 0 saturated heterocycles. The number of nitrogens with two attached hydrogens (primary N) is 1. The summed E-state index contributed by atoms with van der Waals surface area (Å²) in [6, 6.07) is 12.9. The number of nitrogens with one attached hydrogen (secondary N) is 1. The molecule has 1 atom stereocenters. The van der Waals surface area contributed by atoms with Gasteiger partial charge in [0.05, 0.1) is 5.71 Å². The second kappa shape index (κ2) is 7.83. The molecular formula is C18H15Cl2N5O2S. The van der Waals surface area contributed by atoms with Gasteiger partial charge in [0.15, 0.2) is 11.9 Å². The van der Waals surface area contributed by atoms with Crippen molar-refractivity contribution in [1.29, 1.82) is 0 Å². The fourth-order valence-corrected chi connectivity index (χ4v) is 3.56. The van der Waals surface area contributed by atoms with E-state index in [1.807, 2.05) is 30.3 Å². The van der Waals surface area contributed by atoms with E-state index in [-0.39, 0.29) is 12.7 Å². The Morgan fingerprint density at radius 1 is 1.29 bits per heavy atom. The third kappa shape index (κ3) is 3.71. The number of hydrogen-bond donors (Lipinski definition) is 2. The molecule has 0 saturated carbocycles. The van der Waals surface area contributed by atoms with E-state index in [1.165, 1.54) is 4.68 Å². The van der Waals surface area contributed by atoms with Crippen molar-refractivity contribution in [3.8, 4) is 5.75 Å². The average Bonchev–Trinajstić information content (AvgIpc) is 3.28. The summed E-state index contributed by atoms with van der Waals surface area (Å²) in [6.07, 6.45) is 0.269. The van der Waals surface area contributed by atoms with Gasteiger partial charge in [0.2, 0.25) is 4.77 Å². The number of hydrogen-bond acceptors (Lipinski definition) is 6. The zero-order valence-corrected chi connectivity index (χ0v) is 16.8. The molecule has 10 heteroatoms. The molecule has 0 amide bonds. The molecule has 0 radical (unpaired) electrons. The zero-order valence-electron chi connectivity index (χ0n) is 14.4. The SMILES string of the molecule is Nn1c(COc2ccccc2C2=NOC(c3ccc(Cl)cc3Cl)C2)n[nH]c1=S. The van der Waals surface area contributed by atoms with Crippen LogP contribution >= 0.6 is 35.4 Å². The lowest BCUT2D eigenvalue weighted by atomic mass is 9.99. The van der Waals surface area contributed by atoms with Crippen LogP contribution in [0.3, 0.4) is 0 Å². The fraction of sp³-hybridized carbons (Fsp3) is 0.167. The summed E-state index contributed by atoms with van der Waals surface area (Å²) in [4.78, 5) is 5.62. The molecule has 2 aromatic carbocycles. The molecular weight excluding hydrogens is 421 g/mol. The Kier molecular flexibility index (Phi) is 5.25.